The Balaban J connectivity index is 2.26. The first-order valence-electron chi connectivity index (χ1n) is 4.90. The Labute approximate surface area is 96.6 Å². The molecule has 15 heavy (non-hydrogen) atoms. The van der Waals surface area contributed by atoms with Gasteiger partial charge >= 0.3 is 5.97 Å². The lowest BCUT2D eigenvalue weighted by atomic mass is 9.94. The normalized spacial score (nSPS) is 25.4. The molecule has 1 aromatic rings. The summed E-state index contributed by atoms with van der Waals surface area (Å²) in [5, 5.41) is 12.3. The van der Waals surface area contributed by atoms with Gasteiger partial charge in [0.2, 0.25) is 0 Å². The molecule has 1 fully saturated rings. The number of hydrogen-bond acceptors (Lipinski definition) is 2. The number of carboxylic acid groups (broad SMARTS) is 1. The van der Waals surface area contributed by atoms with Crippen LogP contribution < -0.4 is 5.32 Å². The number of nitrogens with one attached hydrogen (secondary N) is 1. The summed E-state index contributed by atoms with van der Waals surface area (Å²) in [6, 6.07) is 7.75. The number of aliphatic carboxylic acids is 1. The Hall–Kier alpha value is -0.870. The molecule has 1 aromatic carbocycles. The highest BCUT2D eigenvalue weighted by molar-refractivity contribution is 9.10. The van der Waals surface area contributed by atoms with Gasteiger partial charge in [0.05, 0.1) is 5.92 Å². The second kappa shape index (κ2) is 4.33. The molecule has 1 aliphatic heterocycles. The molecule has 1 saturated heterocycles. The number of carbonyl (C=O) groups is 1. The third-order valence-electron chi connectivity index (χ3n) is 2.75. The third kappa shape index (κ3) is 2.21. The highest BCUT2D eigenvalue weighted by atomic mass is 79.9. The minimum atomic E-state index is -0.718. The summed E-state index contributed by atoms with van der Waals surface area (Å²) in [5.74, 6) is -1.02. The van der Waals surface area contributed by atoms with Crippen molar-refractivity contribution in [2.24, 2.45) is 5.92 Å². The van der Waals surface area contributed by atoms with Crippen molar-refractivity contribution < 1.29 is 9.90 Å². The van der Waals surface area contributed by atoms with E-state index in [1.54, 1.807) is 0 Å². The predicted octanol–water partition coefficient (Wildman–Crippen LogP) is 2.18. The molecule has 0 aromatic heterocycles. The Morgan fingerprint density at radius 3 is 3.00 bits per heavy atom. The fourth-order valence-corrected chi connectivity index (χ4v) is 2.44. The van der Waals surface area contributed by atoms with E-state index in [9.17, 15) is 4.79 Å². The zero-order valence-electron chi connectivity index (χ0n) is 8.11. The molecule has 1 heterocycles. The topological polar surface area (TPSA) is 49.3 Å². The van der Waals surface area contributed by atoms with Crippen LogP contribution in [0.15, 0.2) is 28.7 Å². The highest BCUT2D eigenvalue weighted by Gasteiger charge is 2.33. The summed E-state index contributed by atoms with van der Waals surface area (Å²) in [6.45, 7) is 0.772. The molecule has 3 nitrogen and oxygen atoms in total. The second-order valence-electron chi connectivity index (χ2n) is 3.72. The molecule has 2 rings (SSSR count). The fourth-order valence-electron chi connectivity index (χ4n) is 2.02. The minimum absolute atomic E-state index is 0.0556. The van der Waals surface area contributed by atoms with Gasteiger partial charge in [-0.05, 0) is 30.7 Å². The molecule has 2 atom stereocenters. The van der Waals surface area contributed by atoms with Crippen LogP contribution in [0.4, 0.5) is 0 Å². The van der Waals surface area contributed by atoms with E-state index >= 15 is 0 Å². The number of carboxylic acids is 1. The average molecular weight is 270 g/mol. The van der Waals surface area contributed by atoms with E-state index in [-0.39, 0.29) is 12.0 Å². The Morgan fingerprint density at radius 2 is 2.33 bits per heavy atom. The van der Waals surface area contributed by atoms with Crippen LogP contribution in [0.25, 0.3) is 0 Å². The van der Waals surface area contributed by atoms with Crippen molar-refractivity contribution in [3.63, 3.8) is 0 Å². The molecule has 0 amide bonds. The van der Waals surface area contributed by atoms with Gasteiger partial charge in [-0.3, -0.25) is 4.79 Å². The second-order valence-corrected chi connectivity index (χ2v) is 4.64. The summed E-state index contributed by atoms with van der Waals surface area (Å²) in [6.07, 6.45) is 0.701. The maximum absolute atomic E-state index is 11.0. The predicted molar refractivity (Wildman–Crippen MR) is 60.6 cm³/mol. The van der Waals surface area contributed by atoms with Gasteiger partial charge in [0.25, 0.3) is 0 Å². The molecular formula is C11H12BrNO2. The van der Waals surface area contributed by atoms with E-state index in [1.165, 1.54) is 0 Å². The molecule has 0 spiro atoms. The van der Waals surface area contributed by atoms with Gasteiger partial charge < -0.3 is 10.4 Å². The highest BCUT2D eigenvalue weighted by Crippen LogP contribution is 2.30. The Bertz CT molecular complexity index is 381. The lowest BCUT2D eigenvalue weighted by Crippen LogP contribution is -2.23. The average Bonchev–Trinajstić information content (AvgIpc) is 2.65. The molecule has 80 valence electrons. The van der Waals surface area contributed by atoms with Gasteiger partial charge in [0.1, 0.15) is 0 Å². The molecule has 2 unspecified atom stereocenters. The monoisotopic (exact) mass is 269 g/mol. The molecule has 0 aliphatic carbocycles. The lowest BCUT2D eigenvalue weighted by Gasteiger charge is -2.16. The van der Waals surface area contributed by atoms with Crippen molar-refractivity contribution in [1.82, 2.24) is 5.32 Å². The van der Waals surface area contributed by atoms with Crippen LogP contribution in [0.2, 0.25) is 0 Å². The van der Waals surface area contributed by atoms with Crippen molar-refractivity contribution >= 4 is 21.9 Å². The van der Waals surface area contributed by atoms with E-state index < -0.39 is 5.97 Å². The van der Waals surface area contributed by atoms with Crippen LogP contribution in [-0.4, -0.2) is 17.6 Å². The first-order chi connectivity index (χ1) is 7.18. The summed E-state index contributed by atoms with van der Waals surface area (Å²) >= 11 is 3.39. The van der Waals surface area contributed by atoms with Crippen LogP contribution in [0.5, 0.6) is 0 Å². The zero-order valence-corrected chi connectivity index (χ0v) is 9.70. The molecule has 1 aliphatic rings. The first-order valence-corrected chi connectivity index (χ1v) is 5.69. The van der Waals surface area contributed by atoms with E-state index in [2.05, 4.69) is 21.2 Å². The largest absolute Gasteiger partial charge is 0.481 e. The smallest absolute Gasteiger partial charge is 0.308 e. The summed E-state index contributed by atoms with van der Waals surface area (Å²) in [5.41, 5.74) is 1.04. The van der Waals surface area contributed by atoms with Gasteiger partial charge in [-0.2, -0.15) is 0 Å². The SMILES string of the molecule is O=C(O)C1CCNC1c1cccc(Br)c1. The van der Waals surface area contributed by atoms with Crippen LogP contribution >= 0.6 is 15.9 Å². The molecule has 4 heteroatoms. The zero-order chi connectivity index (χ0) is 10.8. The molecule has 0 radical (unpaired) electrons. The fraction of sp³-hybridized carbons (Fsp3) is 0.364. The Morgan fingerprint density at radius 1 is 1.53 bits per heavy atom. The Kier molecular flexibility index (Phi) is 3.07. The number of halogens is 1. The minimum Gasteiger partial charge on any atom is -0.481 e. The van der Waals surface area contributed by atoms with Crippen LogP contribution in [0, 0.1) is 5.92 Å². The quantitative estimate of drug-likeness (QED) is 0.866. The number of benzene rings is 1. The molecular weight excluding hydrogens is 258 g/mol. The van der Waals surface area contributed by atoms with Crippen molar-refractivity contribution in [2.45, 2.75) is 12.5 Å². The van der Waals surface area contributed by atoms with Gasteiger partial charge in [-0.25, -0.2) is 0 Å². The lowest BCUT2D eigenvalue weighted by molar-refractivity contribution is -0.142. The third-order valence-corrected chi connectivity index (χ3v) is 3.24. The van der Waals surface area contributed by atoms with Gasteiger partial charge in [-0.1, -0.05) is 28.1 Å². The summed E-state index contributed by atoms with van der Waals surface area (Å²) < 4.78 is 0.984. The van der Waals surface area contributed by atoms with E-state index in [4.69, 9.17) is 5.11 Å². The van der Waals surface area contributed by atoms with Crippen molar-refractivity contribution in [2.75, 3.05) is 6.54 Å². The van der Waals surface area contributed by atoms with E-state index in [0.29, 0.717) is 6.42 Å². The van der Waals surface area contributed by atoms with E-state index in [1.807, 2.05) is 24.3 Å². The van der Waals surface area contributed by atoms with Gasteiger partial charge in [0, 0.05) is 10.5 Å². The molecule has 0 saturated carbocycles. The first kappa shape index (κ1) is 10.6. The number of rotatable bonds is 2. The van der Waals surface area contributed by atoms with Gasteiger partial charge in [-0.15, -0.1) is 0 Å². The maximum Gasteiger partial charge on any atom is 0.308 e. The van der Waals surface area contributed by atoms with Crippen LogP contribution in [0.3, 0.4) is 0 Å². The van der Waals surface area contributed by atoms with Crippen molar-refractivity contribution in [3.8, 4) is 0 Å². The number of hydrogen-bond donors (Lipinski definition) is 2. The van der Waals surface area contributed by atoms with Crippen LogP contribution in [0.1, 0.15) is 18.0 Å². The van der Waals surface area contributed by atoms with Crippen LogP contribution in [-0.2, 0) is 4.79 Å². The molecule has 0 bridgehead atoms. The van der Waals surface area contributed by atoms with E-state index in [0.717, 1.165) is 16.6 Å². The summed E-state index contributed by atoms with van der Waals surface area (Å²) in [4.78, 5) is 11.0. The summed E-state index contributed by atoms with van der Waals surface area (Å²) in [7, 11) is 0. The van der Waals surface area contributed by atoms with Gasteiger partial charge in [0.15, 0.2) is 0 Å². The van der Waals surface area contributed by atoms with Crippen molar-refractivity contribution in [1.29, 1.82) is 0 Å². The standard InChI is InChI=1S/C11H12BrNO2/c12-8-3-1-2-7(6-8)10-9(11(14)15)4-5-13-10/h1-3,6,9-10,13H,4-5H2,(H,14,15). The van der Waals surface area contributed by atoms with Crippen molar-refractivity contribution in [3.05, 3.63) is 34.3 Å². The molecule has 2 N–H and O–H groups in total. The maximum atomic E-state index is 11.0.